The molecule has 0 bridgehead atoms. The lowest BCUT2D eigenvalue weighted by Gasteiger charge is -2.42. The number of aliphatic hydroxyl groups excluding tert-OH is 1. The Kier molecular flexibility index (Phi) is 2.37. The minimum Gasteiger partial charge on any atom is -0.392 e. The van der Waals surface area contributed by atoms with Crippen LogP contribution in [0.2, 0.25) is 0 Å². The van der Waals surface area contributed by atoms with Gasteiger partial charge in [0, 0.05) is 12.1 Å². The van der Waals surface area contributed by atoms with E-state index in [1.807, 2.05) is 0 Å². The third-order valence-corrected chi connectivity index (χ3v) is 3.50. The highest BCUT2D eigenvalue weighted by Crippen LogP contribution is 2.32. The first-order valence-electron chi connectivity index (χ1n) is 5.23. The molecule has 2 rings (SSSR count). The van der Waals surface area contributed by atoms with Gasteiger partial charge in [0.25, 0.3) is 0 Å². The fourth-order valence-electron chi connectivity index (χ4n) is 2.18. The predicted molar refractivity (Wildman–Crippen MR) is 49.0 cm³/mol. The summed E-state index contributed by atoms with van der Waals surface area (Å²) in [6, 6.07) is 1.14. The molecule has 0 amide bonds. The fraction of sp³-hybridized carbons (Fsp3) is 1.00. The van der Waals surface area contributed by atoms with Crippen molar-refractivity contribution in [3.63, 3.8) is 0 Å². The Morgan fingerprint density at radius 1 is 1.33 bits per heavy atom. The molecule has 0 unspecified atom stereocenters. The monoisotopic (exact) mass is 169 g/mol. The average molecular weight is 169 g/mol. The lowest BCUT2D eigenvalue weighted by molar-refractivity contribution is 0.0309. The van der Waals surface area contributed by atoms with E-state index in [1.165, 1.54) is 25.7 Å². The minimum atomic E-state index is -0.0503. The zero-order valence-electron chi connectivity index (χ0n) is 7.79. The second-order valence-electron chi connectivity index (χ2n) is 4.36. The molecule has 0 aromatic heterocycles. The van der Waals surface area contributed by atoms with Gasteiger partial charge in [0.1, 0.15) is 0 Å². The number of rotatable bonds is 3. The number of hydrogen-bond acceptors (Lipinski definition) is 2. The molecule has 2 aliphatic carbocycles. The van der Waals surface area contributed by atoms with E-state index in [2.05, 4.69) is 12.2 Å². The van der Waals surface area contributed by atoms with Crippen LogP contribution < -0.4 is 5.32 Å². The Morgan fingerprint density at radius 3 is 2.50 bits per heavy atom. The van der Waals surface area contributed by atoms with Gasteiger partial charge in [0.15, 0.2) is 0 Å². The van der Waals surface area contributed by atoms with E-state index in [9.17, 15) is 5.11 Å². The van der Waals surface area contributed by atoms with Gasteiger partial charge in [-0.1, -0.05) is 13.3 Å². The van der Waals surface area contributed by atoms with E-state index in [1.54, 1.807) is 0 Å². The first kappa shape index (κ1) is 8.52. The van der Waals surface area contributed by atoms with Gasteiger partial charge in [-0.2, -0.15) is 0 Å². The van der Waals surface area contributed by atoms with Gasteiger partial charge in [0.2, 0.25) is 0 Å². The molecule has 2 aliphatic rings. The van der Waals surface area contributed by atoms with Gasteiger partial charge in [-0.05, 0) is 31.6 Å². The molecule has 0 aliphatic heterocycles. The van der Waals surface area contributed by atoms with Crippen LogP contribution in [0.15, 0.2) is 0 Å². The maximum atomic E-state index is 9.34. The summed E-state index contributed by atoms with van der Waals surface area (Å²) in [6.07, 6.45) is 6.12. The third kappa shape index (κ3) is 1.50. The summed E-state index contributed by atoms with van der Waals surface area (Å²) < 4.78 is 0. The predicted octanol–water partition coefficient (Wildman–Crippen LogP) is 1.29. The van der Waals surface area contributed by atoms with Crippen molar-refractivity contribution in [1.29, 1.82) is 0 Å². The molecular weight excluding hydrogens is 150 g/mol. The zero-order chi connectivity index (χ0) is 8.55. The highest BCUT2D eigenvalue weighted by molar-refractivity contribution is 4.93. The molecule has 0 spiro atoms. The van der Waals surface area contributed by atoms with Crippen molar-refractivity contribution in [2.24, 2.45) is 5.92 Å². The Bertz CT molecular complexity index is 154. The van der Waals surface area contributed by atoms with E-state index < -0.39 is 0 Å². The Hall–Kier alpha value is -0.0800. The van der Waals surface area contributed by atoms with Crippen LogP contribution in [0, 0.1) is 5.92 Å². The minimum absolute atomic E-state index is 0.0503. The molecule has 2 heteroatoms. The maximum absolute atomic E-state index is 9.34. The molecule has 0 radical (unpaired) electrons. The molecule has 2 nitrogen and oxygen atoms in total. The Morgan fingerprint density at radius 2 is 2.08 bits per heavy atom. The summed E-state index contributed by atoms with van der Waals surface area (Å²) in [4.78, 5) is 0. The van der Waals surface area contributed by atoms with Gasteiger partial charge in [-0.3, -0.25) is 0 Å². The summed E-state index contributed by atoms with van der Waals surface area (Å²) >= 11 is 0. The smallest absolute Gasteiger partial charge is 0.0693 e. The van der Waals surface area contributed by atoms with E-state index >= 15 is 0 Å². The van der Waals surface area contributed by atoms with Crippen molar-refractivity contribution < 1.29 is 5.11 Å². The lowest BCUT2D eigenvalue weighted by Crippen LogP contribution is -2.55. The van der Waals surface area contributed by atoms with Crippen LogP contribution in [-0.2, 0) is 0 Å². The molecule has 2 saturated carbocycles. The first-order valence-corrected chi connectivity index (χ1v) is 5.23. The van der Waals surface area contributed by atoms with Gasteiger partial charge in [-0.25, -0.2) is 0 Å². The topological polar surface area (TPSA) is 32.3 Å². The first-order chi connectivity index (χ1) is 5.79. The quantitative estimate of drug-likeness (QED) is 0.667. The number of aliphatic hydroxyl groups is 1. The SMILES string of the molecule is CCC1CC(N[C@@H]2CC[C@H]2O)C1. The molecule has 2 N–H and O–H groups in total. The summed E-state index contributed by atoms with van der Waals surface area (Å²) in [5, 5.41) is 12.9. The fourth-order valence-corrected chi connectivity index (χ4v) is 2.18. The molecule has 2 fully saturated rings. The molecular formula is C10H19NO. The molecule has 2 atom stereocenters. The van der Waals surface area contributed by atoms with Crippen molar-refractivity contribution in [3.8, 4) is 0 Å². The summed E-state index contributed by atoms with van der Waals surface area (Å²) in [7, 11) is 0. The molecule has 70 valence electrons. The second-order valence-corrected chi connectivity index (χ2v) is 4.36. The van der Waals surface area contributed by atoms with Crippen LogP contribution in [-0.4, -0.2) is 23.3 Å². The zero-order valence-corrected chi connectivity index (χ0v) is 7.79. The second kappa shape index (κ2) is 3.35. The van der Waals surface area contributed by atoms with E-state index in [0.717, 1.165) is 18.4 Å². The van der Waals surface area contributed by atoms with Gasteiger partial charge in [-0.15, -0.1) is 0 Å². The van der Waals surface area contributed by atoms with Crippen molar-refractivity contribution >= 4 is 0 Å². The molecule has 0 aromatic carbocycles. The van der Waals surface area contributed by atoms with Crippen molar-refractivity contribution in [2.75, 3.05) is 0 Å². The Balaban J connectivity index is 1.63. The van der Waals surface area contributed by atoms with Crippen molar-refractivity contribution in [3.05, 3.63) is 0 Å². The largest absolute Gasteiger partial charge is 0.392 e. The van der Waals surface area contributed by atoms with E-state index in [4.69, 9.17) is 0 Å². The standard InChI is InChI=1S/C10H19NO/c1-2-7-5-8(6-7)11-9-3-4-10(9)12/h7-12H,2-6H2,1H3/t7?,8?,9-,10-/m1/s1. The molecule has 12 heavy (non-hydrogen) atoms. The number of nitrogens with one attached hydrogen (secondary N) is 1. The van der Waals surface area contributed by atoms with Crippen LogP contribution in [0.1, 0.15) is 39.0 Å². The van der Waals surface area contributed by atoms with Crippen LogP contribution in [0.25, 0.3) is 0 Å². The van der Waals surface area contributed by atoms with Crippen LogP contribution in [0.5, 0.6) is 0 Å². The lowest BCUT2D eigenvalue weighted by atomic mass is 9.77. The summed E-state index contributed by atoms with van der Waals surface area (Å²) in [5.74, 6) is 0.958. The Labute approximate surface area is 74.4 Å². The van der Waals surface area contributed by atoms with Crippen molar-refractivity contribution in [1.82, 2.24) is 5.32 Å². The highest BCUT2D eigenvalue weighted by atomic mass is 16.3. The maximum Gasteiger partial charge on any atom is 0.0693 e. The van der Waals surface area contributed by atoms with Crippen LogP contribution >= 0.6 is 0 Å². The van der Waals surface area contributed by atoms with Gasteiger partial charge < -0.3 is 10.4 Å². The number of hydrogen-bond donors (Lipinski definition) is 2. The molecule has 0 aromatic rings. The summed E-state index contributed by atoms with van der Waals surface area (Å²) in [5.41, 5.74) is 0. The normalized spacial score (nSPS) is 46.5. The molecule has 0 saturated heterocycles. The van der Waals surface area contributed by atoms with E-state index in [-0.39, 0.29) is 6.10 Å². The van der Waals surface area contributed by atoms with Crippen molar-refractivity contribution in [2.45, 2.75) is 57.2 Å². The summed E-state index contributed by atoms with van der Waals surface area (Å²) in [6.45, 7) is 2.26. The average Bonchev–Trinajstić information content (AvgIpc) is 1.99. The van der Waals surface area contributed by atoms with Gasteiger partial charge in [0.05, 0.1) is 6.10 Å². The van der Waals surface area contributed by atoms with Crippen LogP contribution in [0.4, 0.5) is 0 Å². The van der Waals surface area contributed by atoms with E-state index in [0.29, 0.717) is 6.04 Å². The van der Waals surface area contributed by atoms with Gasteiger partial charge >= 0.3 is 0 Å². The molecule has 0 heterocycles. The van der Waals surface area contributed by atoms with Crippen LogP contribution in [0.3, 0.4) is 0 Å². The highest BCUT2D eigenvalue weighted by Gasteiger charge is 2.34. The third-order valence-electron chi connectivity index (χ3n) is 3.50.